The van der Waals surface area contributed by atoms with E-state index in [0.29, 0.717) is 29.1 Å². The van der Waals surface area contributed by atoms with Crippen LogP contribution in [0.1, 0.15) is 18.9 Å². The summed E-state index contributed by atoms with van der Waals surface area (Å²) in [5.74, 6) is -0.272. The summed E-state index contributed by atoms with van der Waals surface area (Å²) in [6.45, 7) is 0.548. The SMILES string of the molecule is CN/C=C(\C=N)c1ccc(NC(=N)C2=C(NCC(F)(F)F)CCN(C(C)=O)C2)cc1. The minimum atomic E-state index is -4.38. The summed E-state index contributed by atoms with van der Waals surface area (Å²) in [7, 11) is 1.73. The third kappa shape index (κ3) is 6.36. The molecule has 5 N–H and O–H groups in total. The Kier molecular flexibility index (Phi) is 7.62. The summed E-state index contributed by atoms with van der Waals surface area (Å²) in [4.78, 5) is 13.2. The van der Waals surface area contributed by atoms with E-state index in [1.54, 1.807) is 37.5 Å². The van der Waals surface area contributed by atoms with Gasteiger partial charge in [0.2, 0.25) is 5.91 Å². The standard InChI is InChI=1S/C20H25F3N6O/c1-13(30)29-8-7-18(27-12-20(21,22)23)17(11-29)19(25)28-16-5-3-14(4-6-16)15(9-24)10-26-2/h3-6,9-10,24,26-27H,7-8,11-12H2,1-2H3,(H2,25,28)/b15-10+,24-9?. The number of nitrogens with one attached hydrogen (secondary N) is 5. The lowest BCUT2D eigenvalue weighted by Gasteiger charge is -2.31. The zero-order valence-corrected chi connectivity index (χ0v) is 16.8. The van der Waals surface area contributed by atoms with Crippen molar-refractivity contribution >= 4 is 29.2 Å². The first-order valence-corrected chi connectivity index (χ1v) is 9.27. The van der Waals surface area contributed by atoms with Crippen LogP contribution in [0, 0.1) is 10.8 Å². The van der Waals surface area contributed by atoms with Crippen molar-refractivity contribution < 1.29 is 18.0 Å². The Morgan fingerprint density at radius 1 is 1.27 bits per heavy atom. The van der Waals surface area contributed by atoms with Crippen LogP contribution >= 0.6 is 0 Å². The van der Waals surface area contributed by atoms with E-state index in [4.69, 9.17) is 10.8 Å². The third-order valence-electron chi connectivity index (χ3n) is 4.54. The Balaban J connectivity index is 2.21. The van der Waals surface area contributed by atoms with Gasteiger partial charge in [-0.15, -0.1) is 0 Å². The summed E-state index contributed by atoms with van der Waals surface area (Å²) in [5.41, 5.74) is 2.66. The number of halogens is 3. The van der Waals surface area contributed by atoms with E-state index < -0.39 is 12.7 Å². The second-order valence-electron chi connectivity index (χ2n) is 6.73. The number of anilines is 1. The van der Waals surface area contributed by atoms with E-state index in [2.05, 4.69) is 16.0 Å². The van der Waals surface area contributed by atoms with Gasteiger partial charge in [-0.05, 0) is 17.7 Å². The van der Waals surface area contributed by atoms with Gasteiger partial charge in [0.1, 0.15) is 12.4 Å². The van der Waals surface area contributed by atoms with E-state index in [9.17, 15) is 18.0 Å². The van der Waals surface area contributed by atoms with Crippen LogP contribution in [0.5, 0.6) is 0 Å². The number of amidine groups is 1. The maximum absolute atomic E-state index is 12.6. The topological polar surface area (TPSA) is 104 Å². The van der Waals surface area contributed by atoms with Crippen molar-refractivity contribution in [1.82, 2.24) is 15.5 Å². The van der Waals surface area contributed by atoms with Crippen LogP contribution in [0.15, 0.2) is 41.7 Å². The molecule has 0 spiro atoms. The van der Waals surface area contributed by atoms with Gasteiger partial charge in [0.15, 0.2) is 0 Å². The minimum Gasteiger partial charge on any atom is -0.393 e. The number of carbonyl (C=O) groups excluding carboxylic acids is 1. The fourth-order valence-corrected chi connectivity index (χ4v) is 2.99. The van der Waals surface area contributed by atoms with Gasteiger partial charge in [-0.2, -0.15) is 13.2 Å². The molecule has 1 aromatic carbocycles. The molecule has 0 unspecified atom stereocenters. The number of alkyl halides is 3. The van der Waals surface area contributed by atoms with Crippen molar-refractivity contribution in [3.05, 3.63) is 47.3 Å². The molecule has 0 saturated carbocycles. The van der Waals surface area contributed by atoms with Gasteiger partial charge >= 0.3 is 6.18 Å². The van der Waals surface area contributed by atoms with E-state index in [-0.39, 0.29) is 24.7 Å². The number of nitrogens with zero attached hydrogens (tertiary/aromatic N) is 1. The molecule has 7 nitrogen and oxygen atoms in total. The lowest BCUT2D eigenvalue weighted by molar-refractivity contribution is -0.129. The van der Waals surface area contributed by atoms with Crippen LogP contribution in [0.4, 0.5) is 18.9 Å². The van der Waals surface area contributed by atoms with Gasteiger partial charge in [-0.25, -0.2) is 0 Å². The van der Waals surface area contributed by atoms with Crippen molar-refractivity contribution in [3.63, 3.8) is 0 Å². The molecular formula is C20H25F3N6O. The summed E-state index contributed by atoms with van der Waals surface area (Å²) < 4.78 is 37.9. The molecule has 0 aromatic heterocycles. The van der Waals surface area contributed by atoms with Crippen LogP contribution in [0.3, 0.4) is 0 Å². The van der Waals surface area contributed by atoms with E-state index in [1.807, 2.05) is 0 Å². The predicted molar refractivity (Wildman–Crippen MR) is 112 cm³/mol. The number of hydrogen-bond acceptors (Lipinski definition) is 5. The summed E-state index contributed by atoms with van der Waals surface area (Å²) in [6, 6.07) is 6.96. The number of amides is 1. The second kappa shape index (κ2) is 9.95. The maximum atomic E-state index is 12.6. The highest BCUT2D eigenvalue weighted by Crippen LogP contribution is 2.22. The first-order chi connectivity index (χ1) is 14.1. The maximum Gasteiger partial charge on any atom is 0.405 e. The highest BCUT2D eigenvalue weighted by Gasteiger charge is 2.30. The zero-order valence-electron chi connectivity index (χ0n) is 16.8. The molecule has 1 amide bonds. The van der Waals surface area contributed by atoms with Crippen molar-refractivity contribution in [2.45, 2.75) is 19.5 Å². The highest BCUT2D eigenvalue weighted by atomic mass is 19.4. The molecule has 0 saturated heterocycles. The average molecular weight is 422 g/mol. The van der Waals surface area contributed by atoms with Crippen molar-refractivity contribution in [1.29, 1.82) is 10.8 Å². The van der Waals surface area contributed by atoms with Gasteiger partial charge in [-0.1, -0.05) is 12.1 Å². The van der Waals surface area contributed by atoms with Crippen LogP contribution in [-0.2, 0) is 4.79 Å². The van der Waals surface area contributed by atoms with E-state index in [1.165, 1.54) is 18.0 Å². The minimum absolute atomic E-state index is 0.0578. The number of allylic oxidation sites excluding steroid dienone is 1. The van der Waals surface area contributed by atoms with Crippen molar-refractivity contribution in [2.24, 2.45) is 0 Å². The molecule has 0 radical (unpaired) electrons. The van der Waals surface area contributed by atoms with E-state index in [0.717, 1.165) is 5.56 Å². The number of benzene rings is 1. The molecule has 0 bridgehead atoms. The van der Waals surface area contributed by atoms with E-state index >= 15 is 0 Å². The van der Waals surface area contributed by atoms with Crippen LogP contribution in [0.2, 0.25) is 0 Å². The normalized spacial score (nSPS) is 15.0. The Hall–Kier alpha value is -3.30. The molecule has 0 aliphatic carbocycles. The van der Waals surface area contributed by atoms with Crippen LogP contribution < -0.4 is 16.0 Å². The number of hydrogen-bond donors (Lipinski definition) is 5. The monoisotopic (exact) mass is 422 g/mol. The predicted octanol–water partition coefficient (Wildman–Crippen LogP) is 2.94. The smallest absolute Gasteiger partial charge is 0.393 e. The summed E-state index contributed by atoms with van der Waals surface area (Å²) in [6.07, 6.45) is -1.28. The molecule has 162 valence electrons. The molecule has 2 rings (SSSR count). The van der Waals surface area contributed by atoms with Gasteiger partial charge in [0.05, 0.1) is 6.54 Å². The molecular weight excluding hydrogens is 397 g/mol. The van der Waals surface area contributed by atoms with Crippen LogP contribution in [0.25, 0.3) is 5.57 Å². The Bertz CT molecular complexity index is 858. The Morgan fingerprint density at radius 2 is 1.93 bits per heavy atom. The van der Waals surface area contributed by atoms with Gasteiger partial charge in [0.25, 0.3) is 0 Å². The lowest BCUT2D eigenvalue weighted by atomic mass is 10.0. The van der Waals surface area contributed by atoms with Gasteiger partial charge in [0, 0.05) is 61.9 Å². The Morgan fingerprint density at radius 3 is 2.47 bits per heavy atom. The van der Waals surface area contributed by atoms with Crippen molar-refractivity contribution in [3.8, 4) is 0 Å². The average Bonchev–Trinajstić information content (AvgIpc) is 2.70. The Labute approximate surface area is 173 Å². The zero-order chi connectivity index (χ0) is 22.3. The molecule has 1 aliphatic heterocycles. The molecule has 1 heterocycles. The fraction of sp³-hybridized carbons (Fsp3) is 0.350. The fourth-order valence-electron chi connectivity index (χ4n) is 2.99. The second-order valence-corrected chi connectivity index (χ2v) is 6.73. The quantitative estimate of drug-likeness (QED) is 0.344. The van der Waals surface area contributed by atoms with Crippen LogP contribution in [-0.4, -0.2) is 55.7 Å². The molecule has 1 aromatic rings. The molecule has 0 fully saturated rings. The number of rotatable bonds is 7. The highest BCUT2D eigenvalue weighted by molar-refractivity contribution is 6.09. The first-order valence-electron chi connectivity index (χ1n) is 9.27. The van der Waals surface area contributed by atoms with Gasteiger partial charge in [-0.3, -0.25) is 10.2 Å². The molecule has 10 heteroatoms. The third-order valence-corrected chi connectivity index (χ3v) is 4.54. The molecule has 30 heavy (non-hydrogen) atoms. The largest absolute Gasteiger partial charge is 0.405 e. The summed E-state index contributed by atoms with van der Waals surface area (Å²) in [5, 5.41) is 24.0. The molecule has 0 atom stereocenters. The lowest BCUT2D eigenvalue weighted by Crippen LogP contribution is -2.42. The summed E-state index contributed by atoms with van der Waals surface area (Å²) >= 11 is 0. The number of carbonyl (C=O) groups is 1. The van der Waals surface area contributed by atoms with Crippen molar-refractivity contribution in [2.75, 3.05) is 32.0 Å². The molecule has 1 aliphatic rings. The first kappa shape index (κ1) is 23.0. The van der Waals surface area contributed by atoms with Gasteiger partial charge < -0.3 is 26.3 Å².